The molecule has 0 radical (unpaired) electrons. The Morgan fingerprint density at radius 3 is 2.28 bits per heavy atom. The second-order valence-electron chi connectivity index (χ2n) is 8.74. The second-order valence-corrected chi connectivity index (χ2v) is 8.74. The second kappa shape index (κ2) is 11.1. The van der Waals surface area contributed by atoms with Gasteiger partial charge in [0.25, 0.3) is 0 Å². The molecular weight excluding hydrogens is 374 g/mol. The monoisotopic (exact) mass is 411 g/mol. The summed E-state index contributed by atoms with van der Waals surface area (Å²) in [6.07, 6.45) is 5.08. The fourth-order valence-corrected chi connectivity index (χ4v) is 3.71. The summed E-state index contributed by atoms with van der Waals surface area (Å²) < 4.78 is 22.9. The van der Waals surface area contributed by atoms with E-state index in [-0.39, 0.29) is 18.0 Å². The van der Waals surface area contributed by atoms with Crippen LogP contribution in [-0.4, -0.2) is 60.8 Å². The van der Waals surface area contributed by atoms with E-state index >= 15 is 0 Å². The van der Waals surface area contributed by atoms with Gasteiger partial charge in [-0.3, -0.25) is 9.69 Å². The molecule has 1 saturated carbocycles. The van der Waals surface area contributed by atoms with Crippen molar-refractivity contribution in [1.29, 1.82) is 0 Å². The standard InChI is InChI=1S/C22H37NO6/c1-6-18(20(25)29-22(3,4)5)28-21(23-14-8-9-15-23)27-17-12-10-16(11-13-17)19(24)26-7-2/h6,16-18,21H,1,7-15H2,2-5H3. The molecule has 0 bridgehead atoms. The summed E-state index contributed by atoms with van der Waals surface area (Å²) in [7, 11) is 0. The zero-order valence-corrected chi connectivity index (χ0v) is 18.4. The summed E-state index contributed by atoms with van der Waals surface area (Å²) in [6.45, 7) is 13.2. The van der Waals surface area contributed by atoms with Crippen LogP contribution < -0.4 is 0 Å². The van der Waals surface area contributed by atoms with Gasteiger partial charge in [-0.2, -0.15) is 0 Å². The summed E-state index contributed by atoms with van der Waals surface area (Å²) in [5, 5.41) is 0. The first kappa shape index (κ1) is 23.8. The van der Waals surface area contributed by atoms with Crippen molar-refractivity contribution in [2.75, 3.05) is 19.7 Å². The highest BCUT2D eigenvalue weighted by Crippen LogP contribution is 2.29. The van der Waals surface area contributed by atoms with Crippen molar-refractivity contribution < 1.29 is 28.5 Å². The van der Waals surface area contributed by atoms with Crippen molar-refractivity contribution in [3.05, 3.63) is 12.7 Å². The van der Waals surface area contributed by atoms with Gasteiger partial charge in [0.1, 0.15) is 5.60 Å². The minimum Gasteiger partial charge on any atom is -0.466 e. The largest absolute Gasteiger partial charge is 0.466 e. The molecule has 0 aromatic heterocycles. The Bertz CT molecular complexity index is 544. The predicted octanol–water partition coefficient (Wildman–Crippen LogP) is 3.42. The van der Waals surface area contributed by atoms with E-state index in [0.29, 0.717) is 6.61 Å². The van der Waals surface area contributed by atoms with E-state index in [4.69, 9.17) is 18.9 Å². The van der Waals surface area contributed by atoms with Crippen LogP contribution >= 0.6 is 0 Å². The molecule has 7 nitrogen and oxygen atoms in total. The van der Waals surface area contributed by atoms with Gasteiger partial charge in [-0.25, -0.2) is 4.79 Å². The maximum Gasteiger partial charge on any atom is 0.339 e. The average Bonchev–Trinajstić information content (AvgIpc) is 3.19. The molecule has 7 heteroatoms. The Kier molecular flexibility index (Phi) is 9.11. The first-order chi connectivity index (χ1) is 13.7. The van der Waals surface area contributed by atoms with Crippen molar-refractivity contribution in [1.82, 2.24) is 4.90 Å². The van der Waals surface area contributed by atoms with Crippen LogP contribution in [0.15, 0.2) is 12.7 Å². The van der Waals surface area contributed by atoms with E-state index in [9.17, 15) is 9.59 Å². The number of hydrogen-bond donors (Lipinski definition) is 0. The number of likely N-dealkylation sites (tertiary alicyclic amines) is 1. The van der Waals surface area contributed by atoms with Gasteiger partial charge >= 0.3 is 11.9 Å². The molecule has 2 aliphatic rings. The Labute approximate surface area is 174 Å². The fourth-order valence-electron chi connectivity index (χ4n) is 3.71. The third-order valence-corrected chi connectivity index (χ3v) is 5.16. The van der Waals surface area contributed by atoms with Gasteiger partial charge in [-0.05, 0) is 66.2 Å². The SMILES string of the molecule is C=CC(OC(OC1CCC(C(=O)OCC)CC1)N1CCCC1)C(=O)OC(C)(C)C. The van der Waals surface area contributed by atoms with Gasteiger partial charge in [-0.15, -0.1) is 0 Å². The van der Waals surface area contributed by atoms with Crippen molar-refractivity contribution >= 4 is 11.9 Å². The third-order valence-electron chi connectivity index (χ3n) is 5.16. The lowest BCUT2D eigenvalue weighted by atomic mass is 9.87. The number of esters is 2. The zero-order chi connectivity index (χ0) is 21.4. The minimum absolute atomic E-state index is 0.0182. The van der Waals surface area contributed by atoms with E-state index in [2.05, 4.69) is 11.5 Å². The van der Waals surface area contributed by atoms with Gasteiger partial charge in [0.05, 0.1) is 18.6 Å². The summed E-state index contributed by atoms with van der Waals surface area (Å²) >= 11 is 0. The van der Waals surface area contributed by atoms with Gasteiger partial charge in [0.15, 0.2) is 6.10 Å². The Morgan fingerprint density at radius 2 is 1.76 bits per heavy atom. The third kappa shape index (κ3) is 7.72. The van der Waals surface area contributed by atoms with E-state index in [0.717, 1.165) is 51.6 Å². The highest BCUT2D eigenvalue weighted by atomic mass is 16.7. The molecular formula is C22H37NO6. The van der Waals surface area contributed by atoms with Crippen LogP contribution in [0.25, 0.3) is 0 Å². The molecule has 0 N–H and O–H groups in total. The molecule has 1 saturated heterocycles. The smallest absolute Gasteiger partial charge is 0.339 e. The van der Waals surface area contributed by atoms with E-state index in [1.165, 1.54) is 6.08 Å². The molecule has 0 aromatic carbocycles. The molecule has 2 rings (SSSR count). The zero-order valence-electron chi connectivity index (χ0n) is 18.4. The average molecular weight is 412 g/mol. The summed E-state index contributed by atoms with van der Waals surface area (Å²) in [5.41, 5.74) is -0.600. The van der Waals surface area contributed by atoms with Crippen molar-refractivity contribution in [2.24, 2.45) is 5.92 Å². The minimum atomic E-state index is -0.893. The maximum atomic E-state index is 12.5. The van der Waals surface area contributed by atoms with Crippen LogP contribution in [0, 0.1) is 5.92 Å². The van der Waals surface area contributed by atoms with E-state index in [1.807, 2.05) is 27.7 Å². The molecule has 29 heavy (non-hydrogen) atoms. The van der Waals surface area contributed by atoms with Crippen LogP contribution in [0.1, 0.15) is 66.2 Å². The number of hydrogen-bond acceptors (Lipinski definition) is 7. The normalized spacial score (nSPS) is 25.2. The lowest BCUT2D eigenvalue weighted by Crippen LogP contribution is -2.45. The van der Waals surface area contributed by atoms with E-state index < -0.39 is 24.1 Å². The highest BCUT2D eigenvalue weighted by Gasteiger charge is 2.34. The topological polar surface area (TPSA) is 74.3 Å². The van der Waals surface area contributed by atoms with Gasteiger partial charge in [0.2, 0.25) is 6.41 Å². The Hall–Kier alpha value is -1.44. The molecule has 0 aromatic rings. The molecule has 166 valence electrons. The van der Waals surface area contributed by atoms with Crippen LogP contribution in [0.3, 0.4) is 0 Å². The van der Waals surface area contributed by atoms with Gasteiger partial charge < -0.3 is 18.9 Å². The van der Waals surface area contributed by atoms with Crippen molar-refractivity contribution in [3.8, 4) is 0 Å². The number of carbonyl (C=O) groups is 2. The van der Waals surface area contributed by atoms with Crippen molar-refractivity contribution in [3.63, 3.8) is 0 Å². The number of carbonyl (C=O) groups excluding carboxylic acids is 2. The van der Waals surface area contributed by atoms with E-state index in [1.54, 1.807) is 0 Å². The summed E-state index contributed by atoms with van der Waals surface area (Å²) in [4.78, 5) is 26.5. The van der Waals surface area contributed by atoms with Gasteiger partial charge in [0, 0.05) is 13.1 Å². The maximum absolute atomic E-state index is 12.5. The number of rotatable bonds is 9. The molecule has 1 heterocycles. The van der Waals surface area contributed by atoms with Crippen LogP contribution in [0.2, 0.25) is 0 Å². The summed E-state index contributed by atoms with van der Waals surface area (Å²) in [5.74, 6) is -0.634. The van der Waals surface area contributed by atoms with Crippen LogP contribution in [0.4, 0.5) is 0 Å². The molecule has 1 aliphatic heterocycles. The molecule has 0 spiro atoms. The first-order valence-corrected chi connectivity index (χ1v) is 10.8. The fraction of sp³-hybridized carbons (Fsp3) is 0.818. The molecule has 2 fully saturated rings. The molecule has 0 amide bonds. The van der Waals surface area contributed by atoms with Gasteiger partial charge in [-0.1, -0.05) is 12.7 Å². The lowest BCUT2D eigenvalue weighted by Gasteiger charge is -2.35. The van der Waals surface area contributed by atoms with Crippen LogP contribution in [0.5, 0.6) is 0 Å². The molecule has 1 aliphatic carbocycles. The Morgan fingerprint density at radius 1 is 1.14 bits per heavy atom. The molecule has 2 unspecified atom stereocenters. The number of nitrogens with zero attached hydrogens (tertiary/aromatic N) is 1. The molecule has 2 atom stereocenters. The quantitative estimate of drug-likeness (QED) is 0.327. The van der Waals surface area contributed by atoms with Crippen molar-refractivity contribution in [2.45, 2.75) is 90.4 Å². The Balaban J connectivity index is 1.95. The number of ether oxygens (including phenoxy) is 4. The highest BCUT2D eigenvalue weighted by molar-refractivity contribution is 5.77. The predicted molar refractivity (Wildman–Crippen MR) is 109 cm³/mol. The lowest BCUT2D eigenvalue weighted by molar-refractivity contribution is -0.259. The summed E-state index contributed by atoms with van der Waals surface area (Å²) in [6, 6.07) is 0. The van der Waals surface area contributed by atoms with Crippen LogP contribution in [-0.2, 0) is 28.5 Å². The first-order valence-electron chi connectivity index (χ1n) is 10.8.